The molecule has 4 aromatic carbocycles. The van der Waals surface area contributed by atoms with Crippen molar-refractivity contribution >= 4 is 23.4 Å². The highest BCUT2D eigenvalue weighted by Crippen LogP contribution is 2.42. The zero-order chi connectivity index (χ0) is 34.7. The molecule has 1 saturated carbocycles. The lowest BCUT2D eigenvalue weighted by molar-refractivity contribution is -0.137. The minimum Gasteiger partial charge on any atom is -0.369 e. The van der Waals surface area contributed by atoms with E-state index in [1.165, 1.54) is 12.1 Å². The molecule has 2 aliphatic rings. The summed E-state index contributed by atoms with van der Waals surface area (Å²) >= 11 is 0. The third-order valence-corrected chi connectivity index (χ3v) is 9.79. The van der Waals surface area contributed by atoms with Gasteiger partial charge in [-0.05, 0) is 70.8 Å². The Kier molecular flexibility index (Phi) is 9.72. The number of alkyl halides is 3. The zero-order valence-electron chi connectivity index (χ0n) is 27.0. The molecule has 0 aromatic heterocycles. The monoisotopic (exact) mass is 665 g/mol. The van der Waals surface area contributed by atoms with Crippen molar-refractivity contribution in [3.05, 3.63) is 126 Å². The summed E-state index contributed by atoms with van der Waals surface area (Å²) in [6.07, 6.45) is 0.933. The van der Waals surface area contributed by atoms with Gasteiger partial charge in [0.25, 0.3) is 5.91 Å². The number of benzene rings is 4. The fourth-order valence-electron chi connectivity index (χ4n) is 6.97. The molecule has 4 aromatic rings. The maximum Gasteiger partial charge on any atom is 0.416 e. The minimum atomic E-state index is -4.44. The number of nitrogens with one attached hydrogen (secondary N) is 1. The number of halogens is 3. The second-order valence-corrected chi connectivity index (χ2v) is 12.9. The second-order valence-electron chi connectivity index (χ2n) is 12.9. The Hall–Kier alpha value is -5.18. The van der Waals surface area contributed by atoms with Crippen molar-refractivity contribution in [1.82, 2.24) is 5.32 Å². The Morgan fingerprint density at radius 1 is 0.898 bits per heavy atom. The van der Waals surface area contributed by atoms with Crippen LogP contribution in [-0.4, -0.2) is 17.7 Å². The molecule has 3 unspecified atom stereocenters. The molecular weight excluding hydrogens is 627 g/mol. The summed E-state index contributed by atoms with van der Waals surface area (Å²) < 4.78 is 39.6. The highest BCUT2D eigenvalue weighted by atomic mass is 19.4. The number of fused-ring (bicyclic) bond motifs is 3. The number of primary amides is 1. The SMILES string of the molecule is C=CCC(C(N)=O)C(CC1CCC1)C(=O)NC1C(=O)N(Cc2cccc(-c3ccc(C(F)(F)F)cc3)c2)c2ccccc2-c2ccccc21. The molecular formula is C40H38F3N3O3. The van der Waals surface area contributed by atoms with Crippen molar-refractivity contribution in [2.24, 2.45) is 23.5 Å². The highest BCUT2D eigenvalue weighted by Gasteiger charge is 2.40. The van der Waals surface area contributed by atoms with Gasteiger partial charge in [-0.15, -0.1) is 6.58 Å². The van der Waals surface area contributed by atoms with Gasteiger partial charge in [0, 0.05) is 5.56 Å². The molecule has 3 atom stereocenters. The summed E-state index contributed by atoms with van der Waals surface area (Å²) in [5.41, 5.74) is 10.0. The van der Waals surface area contributed by atoms with Crippen LogP contribution in [0.15, 0.2) is 110 Å². The topological polar surface area (TPSA) is 92.5 Å². The summed E-state index contributed by atoms with van der Waals surface area (Å²) in [5.74, 6) is -2.50. The first-order valence-electron chi connectivity index (χ1n) is 16.5. The Morgan fingerprint density at radius 3 is 2.24 bits per heavy atom. The van der Waals surface area contributed by atoms with Crippen molar-refractivity contribution in [3.8, 4) is 22.3 Å². The van der Waals surface area contributed by atoms with Gasteiger partial charge < -0.3 is 16.0 Å². The Balaban J connectivity index is 1.36. The predicted octanol–water partition coefficient (Wildman–Crippen LogP) is 8.23. The third kappa shape index (κ3) is 7.16. The lowest BCUT2D eigenvalue weighted by atomic mass is 9.74. The first kappa shape index (κ1) is 33.7. The molecule has 1 heterocycles. The molecule has 49 heavy (non-hydrogen) atoms. The summed E-state index contributed by atoms with van der Waals surface area (Å²) in [5, 5.41) is 3.05. The second kappa shape index (κ2) is 14.1. The van der Waals surface area contributed by atoms with Gasteiger partial charge in [0.1, 0.15) is 6.04 Å². The third-order valence-electron chi connectivity index (χ3n) is 9.79. The Morgan fingerprint density at radius 2 is 1.59 bits per heavy atom. The van der Waals surface area contributed by atoms with E-state index >= 15 is 0 Å². The van der Waals surface area contributed by atoms with Crippen molar-refractivity contribution in [3.63, 3.8) is 0 Å². The molecule has 6 nitrogen and oxygen atoms in total. The average Bonchev–Trinajstić information content (AvgIpc) is 3.16. The van der Waals surface area contributed by atoms with Crippen LogP contribution >= 0.6 is 0 Å². The van der Waals surface area contributed by atoms with Crippen LogP contribution in [0.5, 0.6) is 0 Å². The lowest BCUT2D eigenvalue weighted by Crippen LogP contribution is -2.47. The van der Waals surface area contributed by atoms with E-state index in [0.717, 1.165) is 48.1 Å². The molecule has 3 amide bonds. The van der Waals surface area contributed by atoms with Gasteiger partial charge in [0.2, 0.25) is 11.8 Å². The number of anilines is 1. The van der Waals surface area contributed by atoms with E-state index in [0.29, 0.717) is 34.7 Å². The Bertz CT molecular complexity index is 1870. The van der Waals surface area contributed by atoms with E-state index in [4.69, 9.17) is 5.73 Å². The van der Waals surface area contributed by atoms with Gasteiger partial charge in [-0.2, -0.15) is 13.2 Å². The molecule has 0 bridgehead atoms. The van der Waals surface area contributed by atoms with Crippen LogP contribution in [0.2, 0.25) is 0 Å². The number of rotatable bonds is 11. The van der Waals surface area contributed by atoms with Crippen LogP contribution in [-0.2, 0) is 27.1 Å². The molecule has 9 heteroatoms. The maximum absolute atomic E-state index is 14.7. The standard InChI is InChI=1S/C40H38F3N3O3/c1-2-9-33(37(44)47)34(23-25-10-7-11-25)38(48)45-36-32-16-4-3-14-30(32)31-15-5-6-17-35(31)46(39(36)49)24-26-12-8-13-28(22-26)27-18-20-29(21-19-27)40(41,42)43/h2-6,8,12-22,25,33-34,36H,1,7,9-11,23-24H2,(H2,44,47)(H,45,48). The number of carbonyl (C=O) groups excluding carboxylic acids is 3. The van der Waals surface area contributed by atoms with Gasteiger partial charge in [-0.3, -0.25) is 14.4 Å². The summed E-state index contributed by atoms with van der Waals surface area (Å²) in [4.78, 5) is 43.2. The van der Waals surface area contributed by atoms with E-state index in [2.05, 4.69) is 11.9 Å². The van der Waals surface area contributed by atoms with Gasteiger partial charge >= 0.3 is 6.18 Å². The molecule has 0 saturated heterocycles. The fourth-order valence-corrected chi connectivity index (χ4v) is 6.97. The zero-order valence-corrected chi connectivity index (χ0v) is 27.0. The van der Waals surface area contributed by atoms with Crippen LogP contribution in [0.1, 0.15) is 54.8 Å². The van der Waals surface area contributed by atoms with E-state index in [1.54, 1.807) is 17.0 Å². The quantitative estimate of drug-likeness (QED) is 0.158. The van der Waals surface area contributed by atoms with Crippen LogP contribution in [0.25, 0.3) is 22.3 Å². The van der Waals surface area contributed by atoms with Crippen molar-refractivity contribution in [1.29, 1.82) is 0 Å². The van der Waals surface area contributed by atoms with E-state index in [1.807, 2.05) is 66.7 Å². The smallest absolute Gasteiger partial charge is 0.369 e. The Labute approximate surface area is 283 Å². The first-order valence-corrected chi connectivity index (χ1v) is 16.5. The largest absolute Gasteiger partial charge is 0.416 e. The molecule has 252 valence electrons. The number of nitrogens with two attached hydrogens (primary N) is 1. The number of carbonyl (C=O) groups is 3. The van der Waals surface area contributed by atoms with E-state index in [-0.39, 0.29) is 18.9 Å². The number of hydrogen-bond acceptors (Lipinski definition) is 3. The lowest BCUT2D eigenvalue weighted by Gasteiger charge is -2.33. The van der Waals surface area contributed by atoms with Gasteiger partial charge in [-0.1, -0.05) is 98.1 Å². The van der Waals surface area contributed by atoms with Crippen LogP contribution in [0, 0.1) is 17.8 Å². The van der Waals surface area contributed by atoms with Crippen LogP contribution in [0.4, 0.5) is 18.9 Å². The number of para-hydroxylation sites is 1. The molecule has 3 N–H and O–H groups in total. The van der Waals surface area contributed by atoms with E-state index < -0.39 is 41.4 Å². The predicted molar refractivity (Wildman–Crippen MR) is 184 cm³/mol. The van der Waals surface area contributed by atoms with Crippen LogP contribution in [0.3, 0.4) is 0 Å². The average molecular weight is 666 g/mol. The van der Waals surface area contributed by atoms with E-state index in [9.17, 15) is 27.6 Å². The molecule has 1 fully saturated rings. The molecule has 0 spiro atoms. The number of allylic oxidation sites excluding steroid dienone is 1. The highest BCUT2D eigenvalue weighted by molar-refractivity contribution is 6.06. The van der Waals surface area contributed by atoms with Crippen LogP contribution < -0.4 is 16.0 Å². The number of nitrogens with zero attached hydrogens (tertiary/aromatic N) is 1. The van der Waals surface area contributed by atoms with Gasteiger partial charge in [0.05, 0.1) is 29.6 Å². The molecule has 6 rings (SSSR count). The molecule has 1 aliphatic heterocycles. The van der Waals surface area contributed by atoms with Gasteiger partial charge in [0.15, 0.2) is 0 Å². The van der Waals surface area contributed by atoms with Crippen molar-refractivity contribution in [2.45, 2.75) is 50.9 Å². The molecule has 1 aliphatic carbocycles. The minimum absolute atomic E-state index is 0.135. The fraction of sp³-hybridized carbons (Fsp3) is 0.275. The van der Waals surface area contributed by atoms with Gasteiger partial charge in [-0.25, -0.2) is 0 Å². The summed E-state index contributed by atoms with van der Waals surface area (Å²) in [7, 11) is 0. The van der Waals surface area contributed by atoms with Crippen molar-refractivity contribution in [2.75, 3.05) is 4.90 Å². The maximum atomic E-state index is 14.7. The first-order chi connectivity index (χ1) is 23.5. The number of amides is 3. The number of hydrogen-bond donors (Lipinski definition) is 2. The summed E-state index contributed by atoms with van der Waals surface area (Å²) in [6, 6.07) is 26.2. The van der Waals surface area contributed by atoms with Crippen molar-refractivity contribution < 1.29 is 27.6 Å². The summed E-state index contributed by atoms with van der Waals surface area (Å²) in [6.45, 7) is 3.91. The normalized spacial score (nSPS) is 17.2. The molecule has 0 radical (unpaired) electrons.